The van der Waals surface area contributed by atoms with Crippen molar-refractivity contribution in [3.05, 3.63) is 67.3 Å². The van der Waals surface area contributed by atoms with Gasteiger partial charge in [0.1, 0.15) is 36.1 Å². The Kier molecular flexibility index (Phi) is 5.16. The maximum Gasteiger partial charge on any atom is 0.142 e. The molecule has 7 nitrogen and oxygen atoms in total. The van der Waals surface area contributed by atoms with Crippen LogP contribution in [0.5, 0.6) is 5.75 Å². The van der Waals surface area contributed by atoms with Crippen LogP contribution in [0, 0.1) is 0 Å². The molecular formula is C21H22N6O. The molecule has 0 aliphatic heterocycles. The standard InChI is InChI=1S/C21H22N6O/c1-26(2)11-12-28-17-7-8-19(22-14-17)25-20-13-21(24-15-23-20)27-10-9-16-5-3-4-6-18(16)27/h3-10,13-15H,11-12H2,1-2H3,(H,22,23,24,25). The van der Waals surface area contributed by atoms with Gasteiger partial charge in [-0.3, -0.25) is 0 Å². The zero-order chi connectivity index (χ0) is 19.3. The van der Waals surface area contributed by atoms with Crippen molar-refractivity contribution in [1.82, 2.24) is 24.4 Å². The minimum atomic E-state index is 0.627. The van der Waals surface area contributed by atoms with Gasteiger partial charge in [-0.15, -0.1) is 0 Å². The molecule has 3 heterocycles. The number of hydrogen-bond acceptors (Lipinski definition) is 6. The van der Waals surface area contributed by atoms with Crippen LogP contribution in [0.4, 0.5) is 11.6 Å². The van der Waals surface area contributed by atoms with Crippen molar-refractivity contribution in [2.24, 2.45) is 0 Å². The molecule has 4 rings (SSSR count). The molecule has 0 unspecified atom stereocenters. The van der Waals surface area contributed by atoms with Gasteiger partial charge in [0.2, 0.25) is 0 Å². The number of nitrogens with one attached hydrogen (secondary N) is 1. The number of hydrogen-bond donors (Lipinski definition) is 1. The lowest BCUT2D eigenvalue weighted by Gasteiger charge is -2.11. The molecule has 0 atom stereocenters. The quantitative estimate of drug-likeness (QED) is 0.534. The highest BCUT2D eigenvalue weighted by Gasteiger charge is 2.06. The molecule has 3 aromatic heterocycles. The lowest BCUT2D eigenvalue weighted by molar-refractivity contribution is 0.260. The Bertz CT molecular complexity index is 1060. The summed E-state index contributed by atoms with van der Waals surface area (Å²) in [4.78, 5) is 15.2. The highest BCUT2D eigenvalue weighted by Crippen LogP contribution is 2.21. The topological polar surface area (TPSA) is 68.1 Å². The normalized spacial score (nSPS) is 11.1. The number of pyridine rings is 1. The first-order valence-electron chi connectivity index (χ1n) is 9.08. The van der Waals surface area contributed by atoms with Gasteiger partial charge in [0.25, 0.3) is 0 Å². The fourth-order valence-electron chi connectivity index (χ4n) is 2.85. The molecule has 0 aliphatic carbocycles. The first kappa shape index (κ1) is 17.9. The highest BCUT2D eigenvalue weighted by atomic mass is 16.5. The Morgan fingerprint density at radius 2 is 1.89 bits per heavy atom. The van der Waals surface area contributed by atoms with Gasteiger partial charge in [-0.1, -0.05) is 18.2 Å². The van der Waals surface area contributed by atoms with E-state index in [9.17, 15) is 0 Å². The van der Waals surface area contributed by atoms with Crippen LogP contribution in [0.15, 0.2) is 67.3 Å². The van der Waals surface area contributed by atoms with Crippen molar-refractivity contribution in [2.45, 2.75) is 0 Å². The molecular weight excluding hydrogens is 352 g/mol. The van der Waals surface area contributed by atoms with Gasteiger partial charge < -0.3 is 19.5 Å². The predicted octanol–water partition coefficient (Wildman–Crippen LogP) is 3.50. The SMILES string of the molecule is CN(C)CCOc1ccc(Nc2cc(-n3ccc4ccccc43)ncn2)nc1. The monoisotopic (exact) mass is 374 g/mol. The van der Waals surface area contributed by atoms with Crippen molar-refractivity contribution in [3.63, 3.8) is 0 Å². The zero-order valence-electron chi connectivity index (χ0n) is 15.9. The zero-order valence-corrected chi connectivity index (χ0v) is 15.9. The van der Waals surface area contributed by atoms with E-state index in [4.69, 9.17) is 4.74 Å². The Hall–Kier alpha value is -3.45. The summed E-state index contributed by atoms with van der Waals surface area (Å²) in [6.07, 6.45) is 5.26. The van der Waals surface area contributed by atoms with Gasteiger partial charge in [0, 0.05) is 18.8 Å². The van der Waals surface area contributed by atoms with Crippen molar-refractivity contribution < 1.29 is 4.74 Å². The van der Waals surface area contributed by atoms with Crippen molar-refractivity contribution >= 4 is 22.5 Å². The average Bonchev–Trinajstić information content (AvgIpc) is 3.13. The number of likely N-dealkylation sites (N-methyl/N-ethyl adjacent to an activating group) is 1. The van der Waals surface area contributed by atoms with Crippen molar-refractivity contribution in [1.29, 1.82) is 0 Å². The molecule has 0 saturated heterocycles. The number of para-hydroxylation sites is 1. The van der Waals surface area contributed by atoms with Crippen LogP contribution in [0.25, 0.3) is 16.7 Å². The van der Waals surface area contributed by atoms with Crippen LogP contribution < -0.4 is 10.1 Å². The third kappa shape index (κ3) is 4.10. The van der Waals surface area contributed by atoms with Crippen LogP contribution >= 0.6 is 0 Å². The smallest absolute Gasteiger partial charge is 0.142 e. The second-order valence-corrected chi connectivity index (χ2v) is 6.66. The van der Waals surface area contributed by atoms with Gasteiger partial charge in [-0.05, 0) is 43.7 Å². The molecule has 7 heteroatoms. The summed E-state index contributed by atoms with van der Waals surface area (Å²) in [5.74, 6) is 2.91. The van der Waals surface area contributed by atoms with Crippen molar-refractivity contribution in [3.8, 4) is 11.6 Å². The van der Waals surface area contributed by atoms with Crippen LogP contribution in [0.2, 0.25) is 0 Å². The summed E-state index contributed by atoms with van der Waals surface area (Å²) in [5.41, 5.74) is 1.10. The van der Waals surface area contributed by atoms with Crippen LogP contribution in [-0.4, -0.2) is 51.7 Å². The summed E-state index contributed by atoms with van der Waals surface area (Å²) >= 11 is 0. The lowest BCUT2D eigenvalue weighted by Crippen LogP contribution is -2.19. The average molecular weight is 374 g/mol. The minimum absolute atomic E-state index is 0.627. The molecule has 0 radical (unpaired) electrons. The lowest BCUT2D eigenvalue weighted by atomic mass is 10.2. The summed E-state index contributed by atoms with van der Waals surface area (Å²) in [6.45, 7) is 1.49. The summed E-state index contributed by atoms with van der Waals surface area (Å²) < 4.78 is 7.71. The number of nitrogens with zero attached hydrogens (tertiary/aromatic N) is 5. The van der Waals surface area contributed by atoms with E-state index in [1.54, 1.807) is 12.5 Å². The Balaban J connectivity index is 1.48. The molecule has 142 valence electrons. The third-order valence-corrected chi connectivity index (χ3v) is 4.30. The van der Waals surface area contributed by atoms with E-state index in [2.05, 4.69) is 43.4 Å². The predicted molar refractivity (Wildman–Crippen MR) is 110 cm³/mol. The number of anilines is 2. The fraction of sp³-hybridized carbons (Fsp3) is 0.190. The number of rotatable bonds is 7. The molecule has 0 spiro atoms. The van der Waals surface area contributed by atoms with E-state index < -0.39 is 0 Å². The molecule has 0 saturated carbocycles. The maximum absolute atomic E-state index is 5.67. The fourth-order valence-corrected chi connectivity index (χ4v) is 2.85. The van der Waals surface area contributed by atoms with Gasteiger partial charge in [0.05, 0.1) is 11.7 Å². The van der Waals surface area contributed by atoms with Crippen molar-refractivity contribution in [2.75, 3.05) is 32.6 Å². The van der Waals surface area contributed by atoms with Gasteiger partial charge in [-0.2, -0.15) is 0 Å². The largest absolute Gasteiger partial charge is 0.491 e. The first-order chi connectivity index (χ1) is 13.7. The van der Waals surface area contributed by atoms with E-state index in [1.807, 2.05) is 55.2 Å². The molecule has 0 aliphatic rings. The highest BCUT2D eigenvalue weighted by molar-refractivity contribution is 5.81. The molecule has 1 N–H and O–H groups in total. The molecule has 0 fully saturated rings. The minimum Gasteiger partial charge on any atom is -0.491 e. The molecule has 0 bridgehead atoms. The summed E-state index contributed by atoms with van der Waals surface area (Å²) in [7, 11) is 4.03. The van der Waals surface area contributed by atoms with E-state index >= 15 is 0 Å². The number of aromatic nitrogens is 4. The van der Waals surface area contributed by atoms with Crippen LogP contribution in [0.3, 0.4) is 0 Å². The number of fused-ring (bicyclic) bond motifs is 1. The van der Waals surface area contributed by atoms with Crippen LogP contribution in [0.1, 0.15) is 0 Å². The molecule has 4 aromatic rings. The summed E-state index contributed by atoms with van der Waals surface area (Å²) in [6, 6.07) is 15.9. The summed E-state index contributed by atoms with van der Waals surface area (Å²) in [5, 5.41) is 4.39. The number of benzene rings is 1. The Morgan fingerprint density at radius 1 is 1.00 bits per heavy atom. The molecule has 0 amide bonds. The van der Waals surface area contributed by atoms with Gasteiger partial charge in [-0.25, -0.2) is 15.0 Å². The van der Waals surface area contributed by atoms with E-state index in [0.29, 0.717) is 18.2 Å². The maximum atomic E-state index is 5.67. The van der Waals surface area contributed by atoms with Gasteiger partial charge >= 0.3 is 0 Å². The second kappa shape index (κ2) is 8.06. The third-order valence-electron chi connectivity index (χ3n) is 4.30. The molecule has 28 heavy (non-hydrogen) atoms. The van der Waals surface area contributed by atoms with E-state index in [-0.39, 0.29) is 0 Å². The Morgan fingerprint density at radius 3 is 2.71 bits per heavy atom. The molecule has 1 aromatic carbocycles. The first-order valence-corrected chi connectivity index (χ1v) is 9.08. The second-order valence-electron chi connectivity index (χ2n) is 6.66. The van der Waals surface area contributed by atoms with E-state index in [0.717, 1.165) is 23.6 Å². The van der Waals surface area contributed by atoms with Crippen LogP contribution in [-0.2, 0) is 0 Å². The van der Waals surface area contributed by atoms with E-state index in [1.165, 1.54) is 5.39 Å². The number of ether oxygens (including phenoxy) is 1. The Labute approximate surface area is 163 Å². The van der Waals surface area contributed by atoms with Gasteiger partial charge in [0.15, 0.2) is 0 Å².